The summed E-state index contributed by atoms with van der Waals surface area (Å²) in [6.45, 7) is 4.14. The molecule has 3 aromatic carbocycles. The molecule has 7 heteroatoms. The molecule has 4 aromatic rings. The van der Waals surface area contributed by atoms with E-state index in [1.807, 2.05) is 60.7 Å². The number of hydrogen-bond acceptors (Lipinski definition) is 4. The van der Waals surface area contributed by atoms with Crippen molar-refractivity contribution in [1.82, 2.24) is 9.88 Å². The normalized spacial score (nSPS) is 11.8. The molecule has 4 rings (SSSR count). The lowest BCUT2D eigenvalue weighted by Gasteiger charge is -2.14. The molecule has 0 saturated carbocycles. The molecule has 1 unspecified atom stereocenters. The summed E-state index contributed by atoms with van der Waals surface area (Å²) in [4.78, 5) is 36.7. The van der Waals surface area contributed by atoms with Crippen molar-refractivity contribution >= 4 is 45.3 Å². The number of benzene rings is 3. The van der Waals surface area contributed by atoms with Gasteiger partial charge < -0.3 is 19.9 Å². The van der Waals surface area contributed by atoms with Gasteiger partial charge in [-0.25, -0.2) is 0 Å². The van der Waals surface area contributed by atoms with Crippen LogP contribution in [-0.4, -0.2) is 35.0 Å². The first-order valence-corrected chi connectivity index (χ1v) is 11.3. The van der Waals surface area contributed by atoms with E-state index in [4.69, 9.17) is 4.74 Å². The van der Waals surface area contributed by atoms with Crippen molar-refractivity contribution in [3.63, 3.8) is 0 Å². The fourth-order valence-electron chi connectivity index (χ4n) is 4.02. The maximum Gasteiger partial charge on any atom is 0.326 e. The molecule has 1 aromatic heterocycles. The third kappa shape index (κ3) is 5.09. The molecule has 0 spiro atoms. The Morgan fingerprint density at radius 3 is 2.38 bits per heavy atom. The number of amides is 2. The highest BCUT2D eigenvalue weighted by Gasteiger charge is 2.19. The summed E-state index contributed by atoms with van der Waals surface area (Å²) >= 11 is 0. The molecule has 34 heavy (non-hydrogen) atoms. The molecule has 174 valence electrons. The van der Waals surface area contributed by atoms with Crippen LogP contribution in [0, 0.1) is 0 Å². The molecular weight excluding hydrogens is 430 g/mol. The van der Waals surface area contributed by atoms with Crippen LogP contribution in [0.3, 0.4) is 0 Å². The van der Waals surface area contributed by atoms with E-state index in [1.165, 1.54) is 6.92 Å². The van der Waals surface area contributed by atoms with Gasteiger partial charge in [0.15, 0.2) is 6.10 Å². The van der Waals surface area contributed by atoms with Crippen molar-refractivity contribution < 1.29 is 19.1 Å². The second-order valence-corrected chi connectivity index (χ2v) is 8.05. The number of nitrogens with zero attached hydrogens (tertiary/aromatic N) is 1. The summed E-state index contributed by atoms with van der Waals surface area (Å²) < 4.78 is 7.42. The Morgan fingerprint density at radius 2 is 1.62 bits per heavy atom. The number of carbonyl (C=O) groups excluding carboxylic acids is 3. The topological polar surface area (TPSA) is 89.4 Å². The van der Waals surface area contributed by atoms with Crippen molar-refractivity contribution in [3.8, 4) is 0 Å². The summed E-state index contributed by atoms with van der Waals surface area (Å²) in [6.07, 6.45) is -0.840. The lowest BCUT2D eigenvalue weighted by Crippen LogP contribution is -2.36. The smallest absolute Gasteiger partial charge is 0.326 e. The van der Waals surface area contributed by atoms with E-state index in [9.17, 15) is 14.4 Å². The zero-order valence-electron chi connectivity index (χ0n) is 19.2. The number of aromatic nitrogens is 1. The number of carbonyl (C=O) groups is 3. The zero-order chi connectivity index (χ0) is 24.1. The fraction of sp³-hybridized carbons (Fsp3) is 0.222. The first-order chi connectivity index (χ1) is 16.5. The Hall–Kier alpha value is -4.13. The lowest BCUT2D eigenvalue weighted by atomic mass is 10.1. The molecule has 0 bridgehead atoms. The number of nitrogens with one attached hydrogen (secondary N) is 2. The maximum absolute atomic E-state index is 12.6. The van der Waals surface area contributed by atoms with Crippen molar-refractivity contribution in [2.75, 3.05) is 11.9 Å². The fourth-order valence-corrected chi connectivity index (χ4v) is 4.02. The predicted octanol–water partition coefficient (Wildman–Crippen LogP) is 4.04. The van der Waals surface area contributed by atoms with E-state index >= 15 is 0 Å². The van der Waals surface area contributed by atoms with Gasteiger partial charge in [-0.05, 0) is 43.7 Å². The maximum atomic E-state index is 12.6. The molecule has 0 aliphatic heterocycles. The molecule has 2 amide bonds. The van der Waals surface area contributed by atoms with Crippen LogP contribution in [0.4, 0.5) is 5.69 Å². The average Bonchev–Trinajstić information content (AvgIpc) is 3.16. The van der Waals surface area contributed by atoms with Gasteiger partial charge in [0.1, 0.15) is 6.54 Å². The highest BCUT2D eigenvalue weighted by atomic mass is 16.5. The first-order valence-electron chi connectivity index (χ1n) is 11.3. The Balaban J connectivity index is 1.34. The number of hydrogen-bond donors (Lipinski definition) is 2. The third-order valence-corrected chi connectivity index (χ3v) is 5.67. The second-order valence-electron chi connectivity index (χ2n) is 8.05. The summed E-state index contributed by atoms with van der Waals surface area (Å²) in [5, 5.41) is 7.49. The van der Waals surface area contributed by atoms with Gasteiger partial charge in [0, 0.05) is 34.0 Å². The van der Waals surface area contributed by atoms with Crippen LogP contribution < -0.4 is 10.6 Å². The summed E-state index contributed by atoms with van der Waals surface area (Å²) in [5.74, 6) is -1.41. The Morgan fingerprint density at radius 1 is 0.912 bits per heavy atom. The van der Waals surface area contributed by atoms with Crippen molar-refractivity contribution in [2.45, 2.75) is 32.9 Å². The minimum absolute atomic E-state index is 0.168. The van der Waals surface area contributed by atoms with Gasteiger partial charge in [-0.2, -0.15) is 0 Å². The monoisotopic (exact) mass is 457 g/mol. The SMILES string of the molecule is CCn1c2ccccc2c2cc(NC(=O)C(C)OC(=O)CNC(=O)Cc3ccccc3)ccc21. The number of anilines is 1. The van der Waals surface area contributed by atoms with Gasteiger partial charge in [-0.3, -0.25) is 14.4 Å². The van der Waals surface area contributed by atoms with Crippen LogP contribution in [-0.2, 0) is 32.1 Å². The van der Waals surface area contributed by atoms with Crippen LogP contribution >= 0.6 is 0 Å². The molecule has 1 atom stereocenters. The minimum atomic E-state index is -1.01. The van der Waals surface area contributed by atoms with Crippen LogP contribution in [0.25, 0.3) is 21.8 Å². The Bertz CT molecular complexity index is 1340. The summed E-state index contributed by atoms with van der Waals surface area (Å²) in [5.41, 5.74) is 3.70. The zero-order valence-corrected chi connectivity index (χ0v) is 19.2. The number of rotatable bonds is 8. The van der Waals surface area contributed by atoms with Gasteiger partial charge in [0.05, 0.1) is 6.42 Å². The van der Waals surface area contributed by atoms with Crippen molar-refractivity contribution in [3.05, 3.63) is 78.4 Å². The first kappa shape index (κ1) is 23.0. The number of aryl methyl sites for hydroxylation is 1. The molecule has 0 aliphatic rings. The summed E-state index contributed by atoms with van der Waals surface area (Å²) in [7, 11) is 0. The predicted molar refractivity (Wildman–Crippen MR) is 132 cm³/mol. The van der Waals surface area contributed by atoms with Gasteiger partial charge >= 0.3 is 5.97 Å². The van der Waals surface area contributed by atoms with E-state index in [1.54, 1.807) is 0 Å². The van der Waals surface area contributed by atoms with E-state index in [0.717, 1.165) is 33.9 Å². The van der Waals surface area contributed by atoms with E-state index in [0.29, 0.717) is 5.69 Å². The standard InChI is InChI=1S/C27H27N3O4/c1-3-30-23-12-8-7-11-21(23)22-16-20(13-14-24(22)30)29-27(33)18(2)34-26(32)17-28-25(31)15-19-9-5-4-6-10-19/h4-14,16,18H,3,15,17H2,1-2H3,(H,28,31)(H,29,33). The third-order valence-electron chi connectivity index (χ3n) is 5.67. The number of para-hydroxylation sites is 1. The highest BCUT2D eigenvalue weighted by Crippen LogP contribution is 2.31. The molecule has 2 N–H and O–H groups in total. The number of esters is 1. The summed E-state index contributed by atoms with van der Waals surface area (Å²) in [6, 6.07) is 23.1. The number of ether oxygens (including phenoxy) is 1. The van der Waals surface area contributed by atoms with Gasteiger partial charge in [0.25, 0.3) is 5.91 Å². The van der Waals surface area contributed by atoms with Gasteiger partial charge in [0.2, 0.25) is 5.91 Å². The average molecular weight is 458 g/mol. The molecular formula is C27H27N3O4. The Labute approximate surface area is 197 Å². The quantitative estimate of drug-likeness (QED) is 0.391. The van der Waals surface area contributed by atoms with Crippen LogP contribution in [0.1, 0.15) is 19.4 Å². The molecule has 0 aliphatic carbocycles. The molecule has 0 radical (unpaired) electrons. The van der Waals surface area contributed by atoms with Crippen LogP contribution in [0.5, 0.6) is 0 Å². The minimum Gasteiger partial charge on any atom is -0.451 e. The van der Waals surface area contributed by atoms with Crippen LogP contribution in [0.15, 0.2) is 72.8 Å². The molecule has 7 nitrogen and oxygen atoms in total. The van der Waals surface area contributed by atoms with E-state index < -0.39 is 18.0 Å². The second kappa shape index (κ2) is 10.2. The Kier molecular flexibility index (Phi) is 6.92. The number of fused-ring (bicyclic) bond motifs is 3. The van der Waals surface area contributed by atoms with Crippen molar-refractivity contribution in [1.29, 1.82) is 0 Å². The van der Waals surface area contributed by atoms with E-state index in [-0.39, 0.29) is 18.9 Å². The van der Waals surface area contributed by atoms with E-state index in [2.05, 4.69) is 34.3 Å². The lowest BCUT2D eigenvalue weighted by molar-refractivity contribution is -0.152. The highest BCUT2D eigenvalue weighted by molar-refractivity contribution is 6.10. The van der Waals surface area contributed by atoms with Crippen LogP contribution in [0.2, 0.25) is 0 Å². The molecule has 0 fully saturated rings. The molecule has 1 heterocycles. The van der Waals surface area contributed by atoms with Crippen molar-refractivity contribution in [2.24, 2.45) is 0 Å². The molecule has 0 saturated heterocycles. The largest absolute Gasteiger partial charge is 0.451 e. The van der Waals surface area contributed by atoms with Gasteiger partial charge in [-0.1, -0.05) is 48.5 Å². The van der Waals surface area contributed by atoms with Gasteiger partial charge in [-0.15, -0.1) is 0 Å².